The molecule has 2 heteroatoms. The van der Waals surface area contributed by atoms with Crippen LogP contribution < -0.4 is 10.2 Å². The van der Waals surface area contributed by atoms with Crippen LogP contribution in [0.3, 0.4) is 0 Å². The predicted octanol–water partition coefficient (Wildman–Crippen LogP) is 5.16. The zero-order valence-corrected chi connectivity index (χ0v) is 16.6. The van der Waals surface area contributed by atoms with Gasteiger partial charge in [-0.2, -0.15) is 0 Å². The first-order valence-electron chi connectivity index (χ1n) is 9.58. The maximum absolute atomic E-state index is 3.56. The lowest BCUT2D eigenvalue weighted by molar-refractivity contribution is 0.589. The van der Waals surface area contributed by atoms with Gasteiger partial charge in [0.05, 0.1) is 0 Å². The molecule has 136 valence electrons. The molecule has 2 nitrogen and oxygen atoms in total. The summed E-state index contributed by atoms with van der Waals surface area (Å²) in [5, 5.41) is 3.56. The van der Waals surface area contributed by atoms with E-state index in [0.717, 1.165) is 32.6 Å². The number of hydrogen-bond donors (Lipinski definition) is 1. The third-order valence-electron chi connectivity index (χ3n) is 4.80. The zero-order valence-electron chi connectivity index (χ0n) is 16.6. The van der Waals surface area contributed by atoms with Crippen LogP contribution >= 0.6 is 0 Å². The van der Waals surface area contributed by atoms with Crippen molar-refractivity contribution < 1.29 is 0 Å². The molecule has 0 spiro atoms. The van der Waals surface area contributed by atoms with Crippen molar-refractivity contribution in [3.8, 4) is 0 Å². The van der Waals surface area contributed by atoms with Crippen LogP contribution in [0.5, 0.6) is 0 Å². The molecule has 0 aromatic heterocycles. The van der Waals surface area contributed by atoms with Crippen molar-refractivity contribution in [3.63, 3.8) is 0 Å². The summed E-state index contributed by atoms with van der Waals surface area (Å²) in [7, 11) is 0. The highest BCUT2D eigenvalue weighted by molar-refractivity contribution is 5.47. The Morgan fingerprint density at radius 2 is 1.36 bits per heavy atom. The second kappa shape index (κ2) is 9.05. The smallest absolute Gasteiger partial charge is 0.0366 e. The summed E-state index contributed by atoms with van der Waals surface area (Å²) >= 11 is 0. The summed E-state index contributed by atoms with van der Waals surface area (Å²) in [6.45, 7) is 15.2. The molecule has 0 atom stereocenters. The topological polar surface area (TPSA) is 15.3 Å². The van der Waals surface area contributed by atoms with E-state index >= 15 is 0 Å². The standard InChI is InChI=1S/C23H34N2/c1-6-25(7-2)22-14-10-19(11-15-22)16-17-24-18-20-8-12-21(13-9-20)23(3,4)5/h8-15,24H,6-7,16-18H2,1-5H3. The minimum atomic E-state index is 0.225. The molecule has 2 aromatic rings. The maximum atomic E-state index is 3.56. The average Bonchev–Trinajstić information content (AvgIpc) is 2.60. The minimum absolute atomic E-state index is 0.225. The third kappa shape index (κ3) is 5.89. The minimum Gasteiger partial charge on any atom is -0.372 e. The highest BCUT2D eigenvalue weighted by Crippen LogP contribution is 2.22. The molecule has 0 aliphatic rings. The molecule has 0 heterocycles. The summed E-state index contributed by atoms with van der Waals surface area (Å²) in [6, 6.07) is 18.0. The van der Waals surface area contributed by atoms with E-state index in [0.29, 0.717) is 0 Å². The fourth-order valence-electron chi connectivity index (χ4n) is 3.05. The Kier molecular flexibility index (Phi) is 7.07. The van der Waals surface area contributed by atoms with Gasteiger partial charge < -0.3 is 10.2 Å². The fourth-order valence-corrected chi connectivity index (χ4v) is 3.05. The van der Waals surface area contributed by atoms with Gasteiger partial charge in [0, 0.05) is 25.3 Å². The quantitative estimate of drug-likeness (QED) is 0.669. The van der Waals surface area contributed by atoms with Crippen LogP contribution in [-0.2, 0) is 18.4 Å². The first kappa shape index (κ1) is 19.5. The van der Waals surface area contributed by atoms with Crippen LogP contribution in [0.25, 0.3) is 0 Å². The summed E-state index contributed by atoms with van der Waals surface area (Å²) in [6.07, 6.45) is 1.07. The van der Waals surface area contributed by atoms with Crippen molar-refractivity contribution in [1.29, 1.82) is 0 Å². The summed E-state index contributed by atoms with van der Waals surface area (Å²) < 4.78 is 0. The lowest BCUT2D eigenvalue weighted by atomic mass is 9.87. The molecule has 0 amide bonds. The molecule has 0 radical (unpaired) electrons. The van der Waals surface area contributed by atoms with E-state index in [2.05, 4.69) is 93.4 Å². The van der Waals surface area contributed by atoms with E-state index in [9.17, 15) is 0 Å². The molecular weight excluding hydrogens is 304 g/mol. The van der Waals surface area contributed by atoms with Gasteiger partial charge in [0.2, 0.25) is 0 Å². The van der Waals surface area contributed by atoms with E-state index in [1.54, 1.807) is 0 Å². The summed E-state index contributed by atoms with van der Waals surface area (Å²) in [5.74, 6) is 0. The lowest BCUT2D eigenvalue weighted by Crippen LogP contribution is -2.21. The number of rotatable bonds is 8. The first-order chi connectivity index (χ1) is 11.9. The van der Waals surface area contributed by atoms with Crippen LogP contribution in [0.1, 0.15) is 51.3 Å². The number of nitrogens with one attached hydrogen (secondary N) is 1. The highest BCUT2D eigenvalue weighted by Gasteiger charge is 2.12. The van der Waals surface area contributed by atoms with Crippen molar-refractivity contribution in [1.82, 2.24) is 5.32 Å². The zero-order chi connectivity index (χ0) is 18.3. The molecule has 0 fully saturated rings. The fraction of sp³-hybridized carbons (Fsp3) is 0.478. The second-order valence-electron chi connectivity index (χ2n) is 7.71. The lowest BCUT2D eigenvalue weighted by Gasteiger charge is -2.21. The molecule has 2 aromatic carbocycles. The van der Waals surface area contributed by atoms with E-state index in [-0.39, 0.29) is 5.41 Å². The average molecular weight is 339 g/mol. The number of nitrogens with zero attached hydrogens (tertiary/aromatic N) is 1. The molecule has 1 N–H and O–H groups in total. The molecule has 0 bridgehead atoms. The molecule has 0 saturated carbocycles. The molecule has 2 rings (SSSR count). The van der Waals surface area contributed by atoms with Crippen LogP contribution in [0.2, 0.25) is 0 Å². The SMILES string of the molecule is CCN(CC)c1ccc(CCNCc2ccc(C(C)(C)C)cc2)cc1. The molecule has 25 heavy (non-hydrogen) atoms. The second-order valence-corrected chi connectivity index (χ2v) is 7.71. The third-order valence-corrected chi connectivity index (χ3v) is 4.80. The number of anilines is 1. The van der Waals surface area contributed by atoms with Crippen molar-refractivity contribution >= 4 is 5.69 Å². The first-order valence-corrected chi connectivity index (χ1v) is 9.58. The van der Waals surface area contributed by atoms with Gasteiger partial charge >= 0.3 is 0 Å². The molecule has 0 aliphatic carbocycles. The van der Waals surface area contributed by atoms with Gasteiger partial charge in [-0.1, -0.05) is 57.2 Å². The van der Waals surface area contributed by atoms with Crippen molar-refractivity contribution in [2.45, 2.75) is 53.0 Å². The Bertz CT molecular complexity index is 617. The van der Waals surface area contributed by atoms with Crippen LogP contribution in [-0.4, -0.2) is 19.6 Å². The van der Waals surface area contributed by atoms with E-state index < -0.39 is 0 Å². The largest absolute Gasteiger partial charge is 0.372 e. The van der Waals surface area contributed by atoms with Crippen LogP contribution in [0, 0.1) is 0 Å². The summed E-state index contributed by atoms with van der Waals surface area (Å²) in [4.78, 5) is 2.38. The van der Waals surface area contributed by atoms with E-state index in [4.69, 9.17) is 0 Å². The Labute approximate surface area is 154 Å². The van der Waals surface area contributed by atoms with Gasteiger partial charge in [-0.3, -0.25) is 0 Å². The van der Waals surface area contributed by atoms with Gasteiger partial charge in [0.15, 0.2) is 0 Å². The Hall–Kier alpha value is -1.80. The Morgan fingerprint density at radius 1 is 0.800 bits per heavy atom. The van der Waals surface area contributed by atoms with Gasteiger partial charge in [-0.15, -0.1) is 0 Å². The maximum Gasteiger partial charge on any atom is 0.0366 e. The van der Waals surface area contributed by atoms with Crippen molar-refractivity contribution in [2.75, 3.05) is 24.5 Å². The Morgan fingerprint density at radius 3 is 1.88 bits per heavy atom. The Balaban J connectivity index is 1.77. The van der Waals surface area contributed by atoms with E-state index in [1.807, 2.05) is 0 Å². The monoisotopic (exact) mass is 338 g/mol. The van der Waals surface area contributed by atoms with Crippen molar-refractivity contribution in [3.05, 3.63) is 65.2 Å². The highest BCUT2D eigenvalue weighted by atomic mass is 15.1. The van der Waals surface area contributed by atoms with Crippen molar-refractivity contribution in [2.24, 2.45) is 0 Å². The predicted molar refractivity (Wildman–Crippen MR) is 111 cm³/mol. The molecule has 0 saturated heterocycles. The number of hydrogen-bond acceptors (Lipinski definition) is 2. The van der Waals surface area contributed by atoms with E-state index in [1.165, 1.54) is 22.4 Å². The van der Waals surface area contributed by atoms with Crippen LogP contribution in [0.4, 0.5) is 5.69 Å². The normalized spacial score (nSPS) is 11.6. The molecule has 0 aliphatic heterocycles. The molecular formula is C23H34N2. The van der Waals surface area contributed by atoms with Gasteiger partial charge in [0.25, 0.3) is 0 Å². The van der Waals surface area contributed by atoms with Gasteiger partial charge in [-0.05, 0) is 61.1 Å². The van der Waals surface area contributed by atoms with Gasteiger partial charge in [0.1, 0.15) is 0 Å². The van der Waals surface area contributed by atoms with Crippen LogP contribution in [0.15, 0.2) is 48.5 Å². The van der Waals surface area contributed by atoms with Gasteiger partial charge in [-0.25, -0.2) is 0 Å². The summed E-state index contributed by atoms with van der Waals surface area (Å²) in [5.41, 5.74) is 5.69. The number of benzene rings is 2. The molecule has 0 unspecified atom stereocenters.